The Bertz CT molecular complexity index is 304. The van der Waals surface area contributed by atoms with Gasteiger partial charge in [0.15, 0.2) is 6.29 Å². The highest BCUT2D eigenvalue weighted by Crippen LogP contribution is 2.03. The molecule has 0 spiro atoms. The summed E-state index contributed by atoms with van der Waals surface area (Å²) in [7, 11) is 3.19. The van der Waals surface area contributed by atoms with Crippen LogP contribution in [0.1, 0.15) is 12.0 Å². The summed E-state index contributed by atoms with van der Waals surface area (Å²) in [6.07, 6.45) is 2.82. The molecule has 1 aromatic rings. The van der Waals surface area contributed by atoms with Gasteiger partial charge >= 0.3 is 0 Å². The van der Waals surface area contributed by atoms with Crippen LogP contribution in [0.4, 0.5) is 0 Å². The zero-order valence-corrected chi connectivity index (χ0v) is 11.5. The van der Waals surface area contributed by atoms with Crippen LogP contribution in [0.15, 0.2) is 30.8 Å². The molecule has 0 heterocycles. The third-order valence-electron chi connectivity index (χ3n) is 2.65. The van der Waals surface area contributed by atoms with Crippen LogP contribution in [0.5, 0.6) is 0 Å². The van der Waals surface area contributed by atoms with Crippen molar-refractivity contribution >= 4 is 20.8 Å². The molecule has 0 bridgehead atoms. The minimum Gasteiger partial charge on any atom is -0.356 e. The largest absolute Gasteiger partial charge is 0.356 e. The van der Waals surface area contributed by atoms with Crippen LogP contribution in [0.25, 0.3) is 6.08 Å². The molecule has 0 aliphatic rings. The molecule has 0 unspecified atom stereocenters. The smallest absolute Gasteiger partial charge is 0.156 e. The fraction of sp³-hybridized carbons (Fsp3) is 0.385. The Kier molecular flexibility index (Phi) is 6.07. The molecule has 0 aliphatic heterocycles. The standard InChI is InChI=1S/C13H20O2Si/c1-4-11-5-7-12(8-6-11)16-10-9-13(14-2)15-3/h4-8,13H,1,9-10,16H2,2-3H3. The summed E-state index contributed by atoms with van der Waals surface area (Å²) in [6, 6.07) is 9.87. The number of hydrogen-bond donors (Lipinski definition) is 0. The predicted molar refractivity (Wildman–Crippen MR) is 71.9 cm³/mol. The second-order valence-electron chi connectivity index (χ2n) is 3.74. The summed E-state index contributed by atoms with van der Waals surface area (Å²) in [5.41, 5.74) is 1.18. The van der Waals surface area contributed by atoms with Crippen molar-refractivity contribution in [3.05, 3.63) is 36.4 Å². The lowest BCUT2D eigenvalue weighted by Gasteiger charge is -2.12. The minimum absolute atomic E-state index is 0.0417. The minimum atomic E-state index is -0.191. The van der Waals surface area contributed by atoms with Gasteiger partial charge in [0, 0.05) is 14.2 Å². The average Bonchev–Trinajstić information content (AvgIpc) is 2.35. The van der Waals surface area contributed by atoms with E-state index < -0.39 is 0 Å². The van der Waals surface area contributed by atoms with Gasteiger partial charge in [-0.25, -0.2) is 0 Å². The lowest BCUT2D eigenvalue weighted by Crippen LogP contribution is -2.18. The van der Waals surface area contributed by atoms with E-state index in [9.17, 15) is 0 Å². The Morgan fingerprint density at radius 1 is 1.25 bits per heavy atom. The van der Waals surface area contributed by atoms with E-state index in [4.69, 9.17) is 9.47 Å². The molecule has 0 amide bonds. The summed E-state index contributed by atoms with van der Waals surface area (Å²) in [6.45, 7) is 3.75. The number of rotatable bonds is 7. The normalized spacial score (nSPS) is 11.4. The molecule has 1 rings (SSSR count). The lowest BCUT2D eigenvalue weighted by atomic mass is 10.2. The second kappa shape index (κ2) is 7.38. The molecule has 0 saturated carbocycles. The van der Waals surface area contributed by atoms with Gasteiger partial charge in [-0.15, -0.1) is 0 Å². The summed E-state index contributed by atoms with van der Waals surface area (Å²) >= 11 is 0. The molecule has 0 N–H and O–H groups in total. The molecular weight excluding hydrogens is 216 g/mol. The van der Waals surface area contributed by atoms with Crippen molar-refractivity contribution in [3.63, 3.8) is 0 Å². The Morgan fingerprint density at radius 3 is 2.38 bits per heavy atom. The molecule has 88 valence electrons. The van der Waals surface area contributed by atoms with Crippen molar-refractivity contribution in [1.82, 2.24) is 0 Å². The van der Waals surface area contributed by atoms with E-state index in [1.165, 1.54) is 16.8 Å². The van der Waals surface area contributed by atoms with E-state index >= 15 is 0 Å². The van der Waals surface area contributed by atoms with E-state index in [-0.39, 0.29) is 15.8 Å². The van der Waals surface area contributed by atoms with Gasteiger partial charge in [0.2, 0.25) is 0 Å². The first-order chi connectivity index (χ1) is 7.80. The monoisotopic (exact) mass is 236 g/mol. The maximum Gasteiger partial charge on any atom is 0.156 e. The maximum absolute atomic E-state index is 5.16. The van der Waals surface area contributed by atoms with Gasteiger partial charge in [0.1, 0.15) is 0 Å². The first kappa shape index (κ1) is 13.2. The van der Waals surface area contributed by atoms with Crippen LogP contribution >= 0.6 is 0 Å². The molecule has 0 fully saturated rings. The Labute approximate surface area is 100 Å². The molecule has 0 atom stereocenters. The zero-order valence-electron chi connectivity index (χ0n) is 10.1. The van der Waals surface area contributed by atoms with Crippen molar-refractivity contribution in [2.45, 2.75) is 18.8 Å². The lowest BCUT2D eigenvalue weighted by molar-refractivity contribution is -0.103. The Hall–Kier alpha value is -0.903. The molecular formula is C13H20O2Si. The molecule has 1 aromatic carbocycles. The molecule has 3 heteroatoms. The SMILES string of the molecule is C=Cc1ccc([SiH2]CCC(OC)OC)cc1. The highest BCUT2D eigenvalue weighted by atomic mass is 28.2. The molecule has 0 radical (unpaired) electrons. The van der Waals surface area contributed by atoms with Gasteiger partial charge in [0.25, 0.3) is 0 Å². The highest BCUT2D eigenvalue weighted by molar-refractivity contribution is 6.53. The number of ether oxygens (including phenoxy) is 2. The third-order valence-corrected chi connectivity index (χ3v) is 4.46. The van der Waals surface area contributed by atoms with Gasteiger partial charge in [-0.05, 0) is 12.0 Å². The number of benzene rings is 1. The van der Waals surface area contributed by atoms with Crippen LogP contribution < -0.4 is 5.19 Å². The maximum atomic E-state index is 5.16. The van der Waals surface area contributed by atoms with Gasteiger partial charge in [-0.3, -0.25) is 0 Å². The van der Waals surface area contributed by atoms with Crippen molar-refractivity contribution in [3.8, 4) is 0 Å². The molecule has 0 aliphatic carbocycles. The quantitative estimate of drug-likeness (QED) is 0.528. The van der Waals surface area contributed by atoms with Crippen molar-refractivity contribution in [2.24, 2.45) is 0 Å². The summed E-state index contributed by atoms with van der Waals surface area (Å²) < 4.78 is 10.3. The Morgan fingerprint density at radius 2 is 1.88 bits per heavy atom. The van der Waals surface area contributed by atoms with Gasteiger partial charge in [-0.2, -0.15) is 0 Å². The van der Waals surface area contributed by atoms with Crippen molar-refractivity contribution < 1.29 is 9.47 Å². The Balaban J connectivity index is 2.34. The van der Waals surface area contributed by atoms with E-state index in [0.717, 1.165) is 6.42 Å². The van der Waals surface area contributed by atoms with Crippen LogP contribution in [-0.4, -0.2) is 30.0 Å². The molecule has 2 nitrogen and oxygen atoms in total. The molecule has 0 saturated heterocycles. The van der Waals surface area contributed by atoms with Crippen molar-refractivity contribution in [2.75, 3.05) is 14.2 Å². The first-order valence-corrected chi connectivity index (χ1v) is 7.28. The average molecular weight is 236 g/mol. The van der Waals surface area contributed by atoms with Gasteiger partial charge in [-0.1, -0.05) is 48.2 Å². The summed E-state index contributed by atoms with van der Waals surface area (Å²) in [5.74, 6) is 0. The van der Waals surface area contributed by atoms with Gasteiger partial charge in [0.05, 0.1) is 9.52 Å². The van der Waals surface area contributed by atoms with E-state index in [0.29, 0.717) is 0 Å². The highest BCUT2D eigenvalue weighted by Gasteiger charge is 2.04. The van der Waals surface area contributed by atoms with Gasteiger partial charge < -0.3 is 9.47 Å². The summed E-state index contributed by atoms with van der Waals surface area (Å²) in [4.78, 5) is 0. The molecule has 0 aromatic heterocycles. The van der Waals surface area contributed by atoms with E-state index in [2.05, 4.69) is 30.8 Å². The van der Waals surface area contributed by atoms with E-state index in [1.54, 1.807) is 14.2 Å². The van der Waals surface area contributed by atoms with Crippen LogP contribution in [-0.2, 0) is 9.47 Å². The number of methoxy groups -OCH3 is 2. The van der Waals surface area contributed by atoms with Crippen LogP contribution in [0.3, 0.4) is 0 Å². The first-order valence-electron chi connectivity index (χ1n) is 5.57. The molecule has 16 heavy (non-hydrogen) atoms. The summed E-state index contributed by atoms with van der Waals surface area (Å²) in [5, 5.41) is 1.48. The van der Waals surface area contributed by atoms with Crippen LogP contribution in [0.2, 0.25) is 6.04 Å². The predicted octanol–water partition coefficient (Wildman–Crippen LogP) is 1.55. The number of hydrogen-bond acceptors (Lipinski definition) is 2. The topological polar surface area (TPSA) is 18.5 Å². The van der Waals surface area contributed by atoms with Crippen LogP contribution in [0, 0.1) is 0 Å². The fourth-order valence-corrected chi connectivity index (χ4v) is 3.14. The third kappa shape index (κ3) is 4.31. The fourth-order valence-electron chi connectivity index (χ4n) is 1.63. The van der Waals surface area contributed by atoms with Crippen molar-refractivity contribution in [1.29, 1.82) is 0 Å². The van der Waals surface area contributed by atoms with E-state index in [1.807, 2.05) is 6.08 Å². The zero-order chi connectivity index (χ0) is 11.8. The second-order valence-corrected chi connectivity index (χ2v) is 5.76.